The van der Waals surface area contributed by atoms with Crippen molar-refractivity contribution in [1.29, 1.82) is 0 Å². The Labute approximate surface area is 163 Å². The second kappa shape index (κ2) is 9.27. The first-order valence-corrected chi connectivity index (χ1v) is 9.85. The summed E-state index contributed by atoms with van der Waals surface area (Å²) in [5.41, 5.74) is 1.58. The van der Waals surface area contributed by atoms with Crippen molar-refractivity contribution in [3.05, 3.63) is 30.2 Å². The van der Waals surface area contributed by atoms with E-state index < -0.39 is 18.2 Å². The van der Waals surface area contributed by atoms with Crippen LogP contribution in [-0.2, 0) is 4.79 Å². The molecular formula is C20H28N4O4. The van der Waals surface area contributed by atoms with Crippen LogP contribution in [-0.4, -0.2) is 54.6 Å². The summed E-state index contributed by atoms with van der Waals surface area (Å²) >= 11 is 0. The molecule has 2 heterocycles. The number of hydrogen-bond acceptors (Lipinski definition) is 6. The Morgan fingerprint density at radius 2 is 2.00 bits per heavy atom. The second-order valence-electron chi connectivity index (χ2n) is 7.22. The van der Waals surface area contributed by atoms with Crippen molar-refractivity contribution in [1.82, 2.24) is 14.5 Å². The molecule has 28 heavy (non-hydrogen) atoms. The van der Waals surface area contributed by atoms with Gasteiger partial charge in [-0.05, 0) is 18.1 Å². The third kappa shape index (κ3) is 4.24. The van der Waals surface area contributed by atoms with E-state index in [9.17, 15) is 20.1 Å². The second-order valence-corrected chi connectivity index (χ2v) is 7.22. The van der Waals surface area contributed by atoms with E-state index in [0.29, 0.717) is 28.8 Å². The molecule has 8 heteroatoms. The average Bonchev–Trinajstić information content (AvgIpc) is 3.24. The fraction of sp³-hybridized carbons (Fsp3) is 0.550. The molecule has 1 amide bonds. The maximum absolute atomic E-state index is 12.2. The highest BCUT2D eigenvalue weighted by Crippen LogP contribution is 2.32. The van der Waals surface area contributed by atoms with Crippen LogP contribution in [0.1, 0.15) is 51.5 Å². The van der Waals surface area contributed by atoms with Crippen LogP contribution >= 0.6 is 0 Å². The average molecular weight is 388 g/mol. The summed E-state index contributed by atoms with van der Waals surface area (Å²) < 4.78 is 1.72. The summed E-state index contributed by atoms with van der Waals surface area (Å²) in [4.78, 5) is 20.8. The lowest BCUT2D eigenvalue weighted by atomic mass is 10.1. The SMILES string of the molecule is CCCCCCCC(=O)Nc1nccc2c1ncn2[C@@H]1C=C(CO)[C@@H](O)[C@H]1O. The molecule has 0 aliphatic heterocycles. The Morgan fingerprint density at radius 3 is 2.71 bits per heavy atom. The van der Waals surface area contributed by atoms with Crippen LogP contribution in [0.5, 0.6) is 0 Å². The molecule has 0 aromatic carbocycles. The van der Waals surface area contributed by atoms with Gasteiger partial charge in [0.25, 0.3) is 0 Å². The van der Waals surface area contributed by atoms with E-state index >= 15 is 0 Å². The Kier molecular flexibility index (Phi) is 6.77. The van der Waals surface area contributed by atoms with Gasteiger partial charge in [0.05, 0.1) is 24.5 Å². The number of unbranched alkanes of at least 4 members (excludes halogenated alkanes) is 4. The molecule has 152 valence electrons. The van der Waals surface area contributed by atoms with E-state index in [1.54, 1.807) is 29.2 Å². The number of nitrogens with one attached hydrogen (secondary N) is 1. The molecule has 0 spiro atoms. The van der Waals surface area contributed by atoms with Crippen LogP contribution in [0, 0.1) is 0 Å². The number of fused-ring (bicyclic) bond motifs is 1. The Bertz CT molecular complexity index is 848. The van der Waals surface area contributed by atoms with E-state index in [1.807, 2.05) is 0 Å². The zero-order chi connectivity index (χ0) is 20.1. The number of carbonyl (C=O) groups excluding carboxylic acids is 1. The van der Waals surface area contributed by atoms with Crippen LogP contribution < -0.4 is 5.32 Å². The number of aliphatic hydroxyl groups is 3. The largest absolute Gasteiger partial charge is 0.392 e. The Morgan fingerprint density at radius 1 is 1.21 bits per heavy atom. The van der Waals surface area contributed by atoms with Gasteiger partial charge in [0, 0.05) is 12.6 Å². The molecule has 8 nitrogen and oxygen atoms in total. The first-order chi connectivity index (χ1) is 13.6. The highest BCUT2D eigenvalue weighted by molar-refractivity contribution is 5.97. The molecule has 1 aliphatic carbocycles. The van der Waals surface area contributed by atoms with Crippen LogP contribution in [0.3, 0.4) is 0 Å². The topological polar surface area (TPSA) is 121 Å². The third-order valence-electron chi connectivity index (χ3n) is 5.20. The molecule has 0 radical (unpaired) electrons. The number of nitrogens with zero attached hydrogens (tertiary/aromatic N) is 3. The predicted octanol–water partition coefficient (Wildman–Crippen LogP) is 1.93. The molecule has 2 aromatic heterocycles. The quantitative estimate of drug-likeness (QED) is 0.385. The zero-order valence-electron chi connectivity index (χ0n) is 16.1. The summed E-state index contributed by atoms with van der Waals surface area (Å²) in [6, 6.07) is 1.19. The van der Waals surface area contributed by atoms with Gasteiger partial charge in [-0.15, -0.1) is 0 Å². The number of imidazole rings is 1. The van der Waals surface area contributed by atoms with Crippen LogP contribution in [0.4, 0.5) is 5.82 Å². The fourth-order valence-corrected chi connectivity index (χ4v) is 3.59. The van der Waals surface area contributed by atoms with E-state index in [1.165, 1.54) is 12.8 Å². The lowest BCUT2D eigenvalue weighted by Crippen LogP contribution is -2.29. The van der Waals surface area contributed by atoms with Crippen molar-refractivity contribution in [2.45, 2.75) is 63.7 Å². The number of pyridine rings is 1. The third-order valence-corrected chi connectivity index (χ3v) is 5.20. The first kappa shape index (κ1) is 20.4. The molecule has 2 aromatic rings. The number of anilines is 1. The van der Waals surface area contributed by atoms with Crippen LogP contribution in [0.2, 0.25) is 0 Å². The number of carbonyl (C=O) groups is 1. The fourth-order valence-electron chi connectivity index (χ4n) is 3.59. The smallest absolute Gasteiger partial charge is 0.225 e. The standard InChI is InChI=1S/C20H28N4O4/c1-2-3-4-5-6-7-16(26)23-20-17-14(8-9-21-20)24(12-22-17)15-10-13(11-25)18(27)19(15)28/h8-10,12,15,18-19,25,27-28H,2-7,11H2,1H3,(H,21,23,26)/t15-,18-,19+/m1/s1. The zero-order valence-corrected chi connectivity index (χ0v) is 16.1. The van der Waals surface area contributed by atoms with Crippen LogP contribution in [0.25, 0.3) is 11.0 Å². The van der Waals surface area contributed by atoms with E-state index in [2.05, 4.69) is 22.2 Å². The monoisotopic (exact) mass is 388 g/mol. The summed E-state index contributed by atoms with van der Waals surface area (Å²) in [7, 11) is 0. The van der Waals surface area contributed by atoms with E-state index in [-0.39, 0.29) is 12.5 Å². The molecule has 0 fully saturated rings. The molecule has 3 atom stereocenters. The number of amides is 1. The van der Waals surface area contributed by atoms with Crippen LogP contribution in [0.15, 0.2) is 30.2 Å². The van der Waals surface area contributed by atoms with Gasteiger partial charge < -0.3 is 25.2 Å². The number of rotatable bonds is 9. The molecule has 0 unspecified atom stereocenters. The Balaban J connectivity index is 1.73. The summed E-state index contributed by atoms with van der Waals surface area (Å²) in [6.07, 6.45) is 8.40. The molecule has 4 N–H and O–H groups in total. The van der Waals surface area contributed by atoms with Gasteiger partial charge in [0.15, 0.2) is 5.82 Å². The van der Waals surface area contributed by atoms with Crippen molar-refractivity contribution < 1.29 is 20.1 Å². The summed E-state index contributed by atoms with van der Waals surface area (Å²) in [5.74, 6) is 0.291. The van der Waals surface area contributed by atoms with Gasteiger partial charge in [-0.3, -0.25) is 4.79 Å². The van der Waals surface area contributed by atoms with E-state index in [0.717, 1.165) is 19.3 Å². The van der Waals surface area contributed by atoms with Gasteiger partial charge in [-0.1, -0.05) is 38.7 Å². The van der Waals surface area contributed by atoms with Gasteiger partial charge >= 0.3 is 0 Å². The summed E-state index contributed by atoms with van der Waals surface area (Å²) in [6.45, 7) is 1.84. The molecule has 0 saturated heterocycles. The first-order valence-electron chi connectivity index (χ1n) is 9.85. The maximum atomic E-state index is 12.2. The minimum Gasteiger partial charge on any atom is -0.392 e. The number of hydrogen-bond donors (Lipinski definition) is 4. The lowest BCUT2D eigenvalue weighted by molar-refractivity contribution is -0.116. The van der Waals surface area contributed by atoms with Gasteiger partial charge in [0.2, 0.25) is 5.91 Å². The van der Waals surface area contributed by atoms with Gasteiger partial charge in [-0.25, -0.2) is 9.97 Å². The van der Waals surface area contributed by atoms with E-state index in [4.69, 9.17) is 0 Å². The van der Waals surface area contributed by atoms with Crippen molar-refractivity contribution in [2.24, 2.45) is 0 Å². The van der Waals surface area contributed by atoms with Gasteiger partial charge in [0.1, 0.15) is 17.7 Å². The molecule has 0 bridgehead atoms. The van der Waals surface area contributed by atoms with Gasteiger partial charge in [-0.2, -0.15) is 0 Å². The highest BCUT2D eigenvalue weighted by atomic mass is 16.3. The van der Waals surface area contributed by atoms with Crippen molar-refractivity contribution in [3.8, 4) is 0 Å². The predicted molar refractivity (Wildman–Crippen MR) is 106 cm³/mol. The number of aliphatic hydroxyl groups excluding tert-OH is 3. The molecule has 1 aliphatic rings. The minimum absolute atomic E-state index is 0.0927. The number of aromatic nitrogens is 3. The molecule has 0 saturated carbocycles. The molecular weight excluding hydrogens is 360 g/mol. The highest BCUT2D eigenvalue weighted by Gasteiger charge is 2.36. The maximum Gasteiger partial charge on any atom is 0.225 e. The van der Waals surface area contributed by atoms with Crippen molar-refractivity contribution >= 4 is 22.8 Å². The minimum atomic E-state index is -1.11. The Hall–Kier alpha value is -2.29. The summed E-state index contributed by atoms with van der Waals surface area (Å²) in [5, 5.41) is 32.5. The normalized spacial score (nSPS) is 21.9. The lowest BCUT2D eigenvalue weighted by Gasteiger charge is -2.19. The van der Waals surface area contributed by atoms with Crippen molar-refractivity contribution in [3.63, 3.8) is 0 Å². The van der Waals surface area contributed by atoms with Crippen molar-refractivity contribution in [2.75, 3.05) is 11.9 Å². The molecule has 3 rings (SSSR count).